The van der Waals surface area contributed by atoms with Crippen LogP contribution in [0, 0.1) is 6.92 Å². The number of nitrogens with one attached hydrogen (secondary N) is 1. The summed E-state index contributed by atoms with van der Waals surface area (Å²) in [5, 5.41) is 9.00. The van der Waals surface area contributed by atoms with E-state index in [4.69, 9.17) is 5.10 Å². The number of carbonyl (C=O) groups is 1. The molecule has 0 aliphatic rings. The fraction of sp³-hybridized carbons (Fsp3) is 0.120. The molecule has 0 unspecified atom stereocenters. The Morgan fingerprint density at radius 1 is 1.06 bits per heavy atom. The number of aryl methyl sites for hydroxylation is 2. The predicted molar refractivity (Wildman–Crippen MR) is 122 cm³/mol. The first kappa shape index (κ1) is 20.2. The van der Waals surface area contributed by atoms with Gasteiger partial charge in [-0.1, -0.05) is 49.4 Å². The topological polar surface area (TPSA) is 72.2 Å². The minimum atomic E-state index is -0.293. The molecule has 0 spiro atoms. The van der Waals surface area contributed by atoms with E-state index in [-0.39, 0.29) is 5.91 Å². The summed E-state index contributed by atoms with van der Waals surface area (Å²) in [4.78, 5) is 16.2. The van der Waals surface area contributed by atoms with Gasteiger partial charge in [0.15, 0.2) is 0 Å². The van der Waals surface area contributed by atoms with E-state index in [9.17, 15) is 4.79 Å². The van der Waals surface area contributed by atoms with Crippen LogP contribution >= 0.6 is 0 Å². The largest absolute Gasteiger partial charge is 0.271 e. The van der Waals surface area contributed by atoms with Gasteiger partial charge in [0, 0.05) is 35.3 Å². The molecule has 0 aliphatic carbocycles. The third kappa shape index (κ3) is 4.59. The summed E-state index contributed by atoms with van der Waals surface area (Å²) in [6.45, 7) is 4.18. The Hall–Kier alpha value is -4.06. The second kappa shape index (κ2) is 9.17. The number of hydrogen-bond acceptors (Lipinski definition) is 4. The molecule has 1 N–H and O–H groups in total. The fourth-order valence-corrected chi connectivity index (χ4v) is 3.28. The van der Waals surface area contributed by atoms with Gasteiger partial charge in [0.1, 0.15) is 5.69 Å². The zero-order chi connectivity index (χ0) is 21.6. The SMILES string of the molecule is CCc1ccc(-c2nn(-c3ccccc3C)cc2/C=N\NC(=O)c2ccncc2)cc1. The van der Waals surface area contributed by atoms with Crippen molar-refractivity contribution < 1.29 is 4.79 Å². The molecule has 0 saturated carbocycles. The molecule has 154 valence electrons. The fourth-order valence-electron chi connectivity index (χ4n) is 3.28. The van der Waals surface area contributed by atoms with E-state index in [1.165, 1.54) is 5.56 Å². The van der Waals surface area contributed by atoms with Crippen molar-refractivity contribution in [3.05, 3.63) is 102 Å². The average Bonchev–Trinajstić information content (AvgIpc) is 3.23. The molecule has 6 heteroatoms. The van der Waals surface area contributed by atoms with Crippen molar-refractivity contribution in [1.29, 1.82) is 0 Å². The van der Waals surface area contributed by atoms with Gasteiger partial charge >= 0.3 is 0 Å². The number of hydrogen-bond donors (Lipinski definition) is 1. The van der Waals surface area contributed by atoms with E-state index >= 15 is 0 Å². The molecule has 6 nitrogen and oxygen atoms in total. The van der Waals surface area contributed by atoms with Crippen LogP contribution in [0.15, 0.2) is 84.4 Å². The number of carbonyl (C=O) groups excluding carboxylic acids is 1. The minimum absolute atomic E-state index is 0.293. The van der Waals surface area contributed by atoms with Crippen LogP contribution in [0.1, 0.15) is 34.0 Å². The molecule has 2 aromatic heterocycles. The van der Waals surface area contributed by atoms with Gasteiger partial charge in [-0.05, 0) is 42.7 Å². The van der Waals surface area contributed by atoms with Gasteiger partial charge in [0.05, 0.1) is 11.9 Å². The summed E-state index contributed by atoms with van der Waals surface area (Å²) in [6.07, 6.45) is 7.68. The summed E-state index contributed by atoms with van der Waals surface area (Å²) < 4.78 is 1.85. The van der Waals surface area contributed by atoms with E-state index in [2.05, 4.69) is 59.7 Å². The normalized spacial score (nSPS) is 11.0. The van der Waals surface area contributed by atoms with Gasteiger partial charge in [-0.25, -0.2) is 10.1 Å². The summed E-state index contributed by atoms with van der Waals surface area (Å²) in [7, 11) is 0. The van der Waals surface area contributed by atoms with Crippen LogP contribution in [-0.2, 0) is 6.42 Å². The maximum atomic E-state index is 12.3. The van der Waals surface area contributed by atoms with Crippen molar-refractivity contribution in [2.75, 3.05) is 0 Å². The summed E-state index contributed by atoms with van der Waals surface area (Å²) in [6, 6.07) is 19.7. The Morgan fingerprint density at radius 2 is 1.81 bits per heavy atom. The van der Waals surface area contributed by atoms with Gasteiger partial charge in [-0.3, -0.25) is 9.78 Å². The lowest BCUT2D eigenvalue weighted by molar-refractivity contribution is 0.0955. The second-order valence-corrected chi connectivity index (χ2v) is 7.15. The van der Waals surface area contributed by atoms with E-state index in [1.54, 1.807) is 30.7 Å². The van der Waals surface area contributed by atoms with E-state index in [0.29, 0.717) is 5.56 Å². The van der Waals surface area contributed by atoms with Crippen LogP contribution < -0.4 is 5.43 Å². The number of benzene rings is 2. The molecule has 0 saturated heterocycles. The highest BCUT2D eigenvalue weighted by Crippen LogP contribution is 2.24. The second-order valence-electron chi connectivity index (χ2n) is 7.15. The molecule has 0 radical (unpaired) electrons. The van der Waals surface area contributed by atoms with Crippen LogP contribution in [0.4, 0.5) is 0 Å². The highest BCUT2D eigenvalue weighted by Gasteiger charge is 2.12. The van der Waals surface area contributed by atoms with E-state index in [0.717, 1.165) is 34.5 Å². The van der Waals surface area contributed by atoms with Gasteiger partial charge < -0.3 is 0 Å². The van der Waals surface area contributed by atoms with E-state index < -0.39 is 0 Å². The van der Waals surface area contributed by atoms with Crippen molar-refractivity contribution in [3.63, 3.8) is 0 Å². The van der Waals surface area contributed by atoms with Crippen molar-refractivity contribution in [2.24, 2.45) is 5.10 Å². The molecular formula is C25H23N5O. The summed E-state index contributed by atoms with van der Waals surface area (Å²) in [5.41, 5.74) is 9.05. The van der Waals surface area contributed by atoms with E-state index in [1.807, 2.05) is 29.1 Å². The van der Waals surface area contributed by atoms with Gasteiger partial charge in [-0.15, -0.1) is 0 Å². The number of nitrogens with zero attached hydrogens (tertiary/aromatic N) is 4. The zero-order valence-electron chi connectivity index (χ0n) is 17.5. The lowest BCUT2D eigenvalue weighted by Gasteiger charge is -2.05. The molecule has 2 aromatic carbocycles. The lowest BCUT2D eigenvalue weighted by Crippen LogP contribution is -2.17. The molecule has 0 atom stereocenters. The third-order valence-corrected chi connectivity index (χ3v) is 5.05. The first-order valence-electron chi connectivity index (χ1n) is 10.1. The van der Waals surface area contributed by atoms with Gasteiger partial charge in [0.25, 0.3) is 5.91 Å². The average molecular weight is 409 g/mol. The first-order chi connectivity index (χ1) is 15.2. The number of amides is 1. The molecule has 4 rings (SSSR count). The van der Waals surface area contributed by atoms with Crippen LogP contribution in [0.3, 0.4) is 0 Å². The highest BCUT2D eigenvalue weighted by molar-refractivity contribution is 5.95. The molecule has 0 bridgehead atoms. The number of rotatable bonds is 6. The molecule has 1 amide bonds. The third-order valence-electron chi connectivity index (χ3n) is 5.05. The minimum Gasteiger partial charge on any atom is -0.267 e. The Bertz CT molecular complexity index is 1210. The number of para-hydroxylation sites is 1. The monoisotopic (exact) mass is 409 g/mol. The quantitative estimate of drug-likeness (QED) is 0.375. The molecule has 31 heavy (non-hydrogen) atoms. The molecular weight excluding hydrogens is 386 g/mol. The van der Waals surface area contributed by atoms with Crippen LogP contribution in [0.25, 0.3) is 16.9 Å². The predicted octanol–water partition coefficient (Wildman–Crippen LogP) is 4.57. The molecule has 0 aliphatic heterocycles. The zero-order valence-corrected chi connectivity index (χ0v) is 17.5. The van der Waals surface area contributed by atoms with Crippen LogP contribution in [-0.4, -0.2) is 26.9 Å². The first-order valence-corrected chi connectivity index (χ1v) is 10.1. The Labute approximate surface area is 181 Å². The molecule has 0 fully saturated rings. The summed E-state index contributed by atoms with van der Waals surface area (Å²) in [5.74, 6) is -0.293. The lowest BCUT2D eigenvalue weighted by atomic mass is 10.1. The van der Waals surface area contributed by atoms with Crippen molar-refractivity contribution in [3.8, 4) is 16.9 Å². The maximum absolute atomic E-state index is 12.3. The van der Waals surface area contributed by atoms with Crippen molar-refractivity contribution in [1.82, 2.24) is 20.2 Å². The Kier molecular flexibility index (Phi) is 5.98. The van der Waals surface area contributed by atoms with Crippen molar-refractivity contribution in [2.45, 2.75) is 20.3 Å². The van der Waals surface area contributed by atoms with Gasteiger partial charge in [0.2, 0.25) is 0 Å². The molecule has 4 aromatic rings. The number of aromatic nitrogens is 3. The smallest absolute Gasteiger partial charge is 0.267 e. The summed E-state index contributed by atoms with van der Waals surface area (Å²) >= 11 is 0. The molecule has 2 heterocycles. The Balaban J connectivity index is 1.67. The van der Waals surface area contributed by atoms with Crippen LogP contribution in [0.5, 0.6) is 0 Å². The number of hydrazone groups is 1. The van der Waals surface area contributed by atoms with Gasteiger partial charge in [-0.2, -0.15) is 10.2 Å². The number of pyridine rings is 1. The maximum Gasteiger partial charge on any atom is 0.271 e. The van der Waals surface area contributed by atoms with Crippen LogP contribution in [0.2, 0.25) is 0 Å². The highest BCUT2D eigenvalue weighted by atomic mass is 16.2. The Morgan fingerprint density at radius 3 is 2.52 bits per heavy atom. The standard InChI is InChI=1S/C25H23N5O/c1-3-19-8-10-20(11-9-19)24-22(16-27-28-25(31)21-12-14-26-15-13-21)17-30(29-24)23-7-5-4-6-18(23)2/h4-17H,3H2,1-2H3,(H,28,31)/b27-16-. The van der Waals surface area contributed by atoms with Crippen molar-refractivity contribution >= 4 is 12.1 Å².